The van der Waals surface area contributed by atoms with Crippen LogP contribution < -0.4 is 0 Å². The molecule has 1 unspecified atom stereocenters. The van der Waals surface area contributed by atoms with Crippen LogP contribution in [-0.2, 0) is 12.8 Å². The Bertz CT molecular complexity index is 542. The standard InChI is InChI=1S/C15H18OS2/c1-9-7-12(10(2)17-9)15(16)14-8-11-5-3-4-6-13(11)18-14/h7-8,15-16H,3-6H2,1-2H3. The highest BCUT2D eigenvalue weighted by atomic mass is 32.1. The molecule has 0 radical (unpaired) electrons. The quantitative estimate of drug-likeness (QED) is 0.864. The van der Waals surface area contributed by atoms with Gasteiger partial charge in [0.15, 0.2) is 0 Å². The number of aryl methyl sites for hydroxylation is 4. The maximum atomic E-state index is 10.6. The van der Waals surface area contributed by atoms with Crippen molar-refractivity contribution in [3.63, 3.8) is 0 Å². The van der Waals surface area contributed by atoms with E-state index < -0.39 is 6.10 Å². The minimum atomic E-state index is -0.425. The zero-order chi connectivity index (χ0) is 12.7. The van der Waals surface area contributed by atoms with E-state index in [0.717, 1.165) is 10.4 Å². The van der Waals surface area contributed by atoms with Crippen molar-refractivity contribution in [2.24, 2.45) is 0 Å². The molecule has 1 N–H and O–H groups in total. The Kier molecular flexibility index (Phi) is 3.31. The molecule has 0 bridgehead atoms. The summed E-state index contributed by atoms with van der Waals surface area (Å²) in [5.41, 5.74) is 2.57. The van der Waals surface area contributed by atoms with Gasteiger partial charge in [0.1, 0.15) is 6.10 Å². The van der Waals surface area contributed by atoms with Gasteiger partial charge in [0, 0.05) is 19.5 Å². The van der Waals surface area contributed by atoms with Crippen molar-refractivity contribution in [1.82, 2.24) is 0 Å². The summed E-state index contributed by atoms with van der Waals surface area (Å²) in [6.07, 6.45) is 4.58. The molecular weight excluding hydrogens is 260 g/mol. The topological polar surface area (TPSA) is 20.2 Å². The maximum absolute atomic E-state index is 10.6. The van der Waals surface area contributed by atoms with E-state index in [1.807, 2.05) is 11.3 Å². The molecule has 2 heterocycles. The third kappa shape index (κ3) is 2.15. The van der Waals surface area contributed by atoms with Gasteiger partial charge in [-0.15, -0.1) is 22.7 Å². The summed E-state index contributed by atoms with van der Waals surface area (Å²) in [6.45, 7) is 4.21. The third-order valence-corrected chi connectivity index (χ3v) is 5.93. The van der Waals surface area contributed by atoms with Crippen molar-refractivity contribution in [1.29, 1.82) is 0 Å². The predicted octanol–water partition coefficient (Wildman–Crippen LogP) is 4.39. The van der Waals surface area contributed by atoms with E-state index in [9.17, 15) is 5.11 Å². The lowest BCUT2D eigenvalue weighted by Crippen LogP contribution is -1.97. The first-order valence-corrected chi connectivity index (χ1v) is 8.15. The molecule has 0 aromatic carbocycles. The Hall–Kier alpha value is -0.640. The van der Waals surface area contributed by atoms with Gasteiger partial charge in [-0.1, -0.05) is 0 Å². The lowest BCUT2D eigenvalue weighted by molar-refractivity contribution is 0.224. The smallest absolute Gasteiger partial charge is 0.114 e. The van der Waals surface area contributed by atoms with Gasteiger partial charge in [0.2, 0.25) is 0 Å². The number of aliphatic hydroxyl groups excluding tert-OH is 1. The van der Waals surface area contributed by atoms with Gasteiger partial charge in [-0.2, -0.15) is 0 Å². The number of hydrogen-bond acceptors (Lipinski definition) is 3. The van der Waals surface area contributed by atoms with E-state index in [2.05, 4.69) is 26.0 Å². The molecule has 1 aliphatic rings. The Morgan fingerprint density at radius 1 is 1.11 bits per heavy atom. The van der Waals surface area contributed by atoms with Crippen LogP contribution in [0, 0.1) is 13.8 Å². The largest absolute Gasteiger partial charge is 0.383 e. The molecule has 1 aliphatic carbocycles. The van der Waals surface area contributed by atoms with Crippen LogP contribution in [0.25, 0.3) is 0 Å². The van der Waals surface area contributed by atoms with Gasteiger partial charge in [0.25, 0.3) is 0 Å². The first-order valence-electron chi connectivity index (χ1n) is 6.51. The minimum Gasteiger partial charge on any atom is -0.383 e. The molecule has 1 atom stereocenters. The molecule has 0 saturated heterocycles. The highest BCUT2D eigenvalue weighted by molar-refractivity contribution is 7.12. The van der Waals surface area contributed by atoms with E-state index in [-0.39, 0.29) is 0 Å². The minimum absolute atomic E-state index is 0.425. The van der Waals surface area contributed by atoms with E-state index in [0.29, 0.717) is 0 Å². The molecule has 0 fully saturated rings. The van der Waals surface area contributed by atoms with Crippen LogP contribution in [0.5, 0.6) is 0 Å². The van der Waals surface area contributed by atoms with Gasteiger partial charge >= 0.3 is 0 Å². The summed E-state index contributed by atoms with van der Waals surface area (Å²) in [7, 11) is 0. The predicted molar refractivity (Wildman–Crippen MR) is 78.8 cm³/mol. The fourth-order valence-electron chi connectivity index (χ4n) is 2.72. The van der Waals surface area contributed by atoms with Crippen LogP contribution in [0.1, 0.15) is 49.6 Å². The Balaban J connectivity index is 1.94. The maximum Gasteiger partial charge on any atom is 0.114 e. The highest BCUT2D eigenvalue weighted by Crippen LogP contribution is 2.37. The monoisotopic (exact) mass is 278 g/mol. The second kappa shape index (κ2) is 4.80. The molecule has 0 saturated carbocycles. The van der Waals surface area contributed by atoms with Crippen molar-refractivity contribution >= 4 is 22.7 Å². The molecule has 3 heteroatoms. The molecule has 2 aromatic heterocycles. The average molecular weight is 278 g/mol. The summed E-state index contributed by atoms with van der Waals surface area (Å²) in [5, 5.41) is 10.6. The molecule has 2 aromatic rings. The molecule has 96 valence electrons. The van der Waals surface area contributed by atoms with Crippen molar-refractivity contribution in [3.05, 3.63) is 42.8 Å². The summed E-state index contributed by atoms with van der Waals surface area (Å²) in [5.74, 6) is 0. The zero-order valence-corrected chi connectivity index (χ0v) is 12.5. The SMILES string of the molecule is Cc1cc(C(O)c2cc3c(s2)CCCC3)c(C)s1. The molecule has 0 aliphatic heterocycles. The van der Waals surface area contributed by atoms with Gasteiger partial charge in [-0.3, -0.25) is 0 Å². The highest BCUT2D eigenvalue weighted by Gasteiger charge is 2.20. The fraction of sp³-hybridized carbons (Fsp3) is 0.467. The number of thiophene rings is 2. The summed E-state index contributed by atoms with van der Waals surface area (Å²) >= 11 is 3.58. The molecule has 3 rings (SSSR count). The second-order valence-corrected chi connectivity index (χ2v) is 7.70. The van der Waals surface area contributed by atoms with Crippen molar-refractivity contribution in [3.8, 4) is 0 Å². The molecule has 0 spiro atoms. The van der Waals surface area contributed by atoms with Gasteiger partial charge < -0.3 is 5.11 Å². The fourth-order valence-corrected chi connectivity index (χ4v) is 4.94. The normalized spacial score (nSPS) is 16.6. The summed E-state index contributed by atoms with van der Waals surface area (Å²) in [6, 6.07) is 4.36. The number of rotatable bonds is 2. The third-order valence-electron chi connectivity index (χ3n) is 3.66. The second-order valence-electron chi connectivity index (χ2n) is 5.08. The number of aliphatic hydroxyl groups is 1. The Morgan fingerprint density at radius 3 is 2.56 bits per heavy atom. The van der Waals surface area contributed by atoms with Crippen LogP contribution >= 0.6 is 22.7 Å². The van der Waals surface area contributed by atoms with Crippen LogP contribution in [0.2, 0.25) is 0 Å². The van der Waals surface area contributed by atoms with Crippen LogP contribution in [-0.4, -0.2) is 5.11 Å². The van der Waals surface area contributed by atoms with E-state index in [1.54, 1.807) is 11.3 Å². The van der Waals surface area contributed by atoms with Crippen LogP contribution in [0.3, 0.4) is 0 Å². The Labute approximate surface area is 116 Å². The average Bonchev–Trinajstić information content (AvgIpc) is 2.91. The van der Waals surface area contributed by atoms with Crippen LogP contribution in [0.15, 0.2) is 12.1 Å². The van der Waals surface area contributed by atoms with E-state index in [1.165, 1.54) is 45.9 Å². The van der Waals surface area contributed by atoms with E-state index >= 15 is 0 Å². The summed E-state index contributed by atoms with van der Waals surface area (Å²) in [4.78, 5) is 5.15. The van der Waals surface area contributed by atoms with Crippen molar-refractivity contribution < 1.29 is 5.11 Å². The molecule has 18 heavy (non-hydrogen) atoms. The molecule has 0 amide bonds. The van der Waals surface area contributed by atoms with Gasteiger partial charge in [0.05, 0.1) is 0 Å². The van der Waals surface area contributed by atoms with Crippen molar-refractivity contribution in [2.45, 2.75) is 45.6 Å². The molecule has 1 nitrogen and oxygen atoms in total. The lowest BCUT2D eigenvalue weighted by Gasteiger charge is -2.08. The summed E-state index contributed by atoms with van der Waals surface area (Å²) < 4.78 is 0. The van der Waals surface area contributed by atoms with Gasteiger partial charge in [-0.05, 0) is 62.8 Å². The first-order chi connectivity index (χ1) is 8.65. The van der Waals surface area contributed by atoms with Gasteiger partial charge in [-0.25, -0.2) is 0 Å². The number of hydrogen-bond donors (Lipinski definition) is 1. The Morgan fingerprint density at radius 2 is 1.89 bits per heavy atom. The lowest BCUT2D eigenvalue weighted by atomic mass is 9.98. The van der Waals surface area contributed by atoms with Crippen molar-refractivity contribution in [2.75, 3.05) is 0 Å². The molecular formula is C15H18OS2. The zero-order valence-electron chi connectivity index (χ0n) is 10.8. The first kappa shape index (κ1) is 12.4. The number of fused-ring (bicyclic) bond motifs is 1. The van der Waals surface area contributed by atoms with Crippen LogP contribution in [0.4, 0.5) is 0 Å². The van der Waals surface area contributed by atoms with E-state index in [4.69, 9.17) is 0 Å².